The summed E-state index contributed by atoms with van der Waals surface area (Å²) in [4.78, 5) is 11.7. The number of methoxy groups -OCH3 is 1. The first kappa shape index (κ1) is 20.4. The Kier molecular flexibility index (Phi) is 7.47. The van der Waals surface area contributed by atoms with Crippen LogP contribution in [0.15, 0.2) is 16.3 Å². The maximum absolute atomic E-state index is 12.4. The predicted molar refractivity (Wildman–Crippen MR) is 92.7 cm³/mol. The molecule has 9 heteroatoms. The van der Waals surface area contributed by atoms with Crippen molar-refractivity contribution in [2.45, 2.75) is 49.0 Å². The molecule has 1 aliphatic carbocycles. The standard InChI is InChI=1S/C14H22N2O4S2.ClH/c1-20-13(17)12-11(6-9-21-12)22(18,19)16-10-14(15)7-4-2-3-5-8-14;/h6,9,16H,2-5,7-8,10,15H2,1H3;1H. The van der Waals surface area contributed by atoms with Crippen LogP contribution in [0.25, 0.3) is 0 Å². The van der Waals surface area contributed by atoms with E-state index in [1.807, 2.05) is 0 Å². The minimum absolute atomic E-state index is 0. The number of nitrogens with two attached hydrogens (primary N) is 1. The van der Waals surface area contributed by atoms with Crippen LogP contribution < -0.4 is 10.5 Å². The molecular formula is C14H23ClN2O4S2. The lowest BCUT2D eigenvalue weighted by Crippen LogP contribution is -2.49. The van der Waals surface area contributed by atoms with Crippen LogP contribution in [0.2, 0.25) is 0 Å². The second-order valence-electron chi connectivity index (χ2n) is 5.71. The van der Waals surface area contributed by atoms with Gasteiger partial charge in [-0.3, -0.25) is 0 Å². The molecule has 0 amide bonds. The van der Waals surface area contributed by atoms with Gasteiger partial charge in [-0.05, 0) is 24.3 Å². The molecule has 6 nitrogen and oxygen atoms in total. The number of sulfonamides is 1. The van der Waals surface area contributed by atoms with E-state index in [0.717, 1.165) is 49.9 Å². The third kappa shape index (κ3) is 5.15. The van der Waals surface area contributed by atoms with Crippen molar-refractivity contribution in [3.63, 3.8) is 0 Å². The Morgan fingerprint density at radius 3 is 2.52 bits per heavy atom. The summed E-state index contributed by atoms with van der Waals surface area (Å²) in [5.74, 6) is -0.646. The van der Waals surface area contributed by atoms with Crippen molar-refractivity contribution in [1.82, 2.24) is 4.72 Å². The molecule has 1 heterocycles. The van der Waals surface area contributed by atoms with Gasteiger partial charge in [0.2, 0.25) is 10.0 Å². The largest absolute Gasteiger partial charge is 0.465 e. The number of nitrogens with one attached hydrogen (secondary N) is 1. The van der Waals surface area contributed by atoms with Crippen LogP contribution in [0, 0.1) is 0 Å². The van der Waals surface area contributed by atoms with Crippen molar-refractivity contribution >= 4 is 39.7 Å². The zero-order valence-corrected chi connectivity index (χ0v) is 15.5. The minimum atomic E-state index is -3.77. The van der Waals surface area contributed by atoms with E-state index >= 15 is 0 Å². The molecule has 0 bridgehead atoms. The first-order valence-corrected chi connectivity index (χ1v) is 9.69. The number of ether oxygens (including phenoxy) is 1. The molecule has 1 aromatic rings. The fraction of sp³-hybridized carbons (Fsp3) is 0.643. The van der Waals surface area contributed by atoms with E-state index < -0.39 is 21.5 Å². The average molecular weight is 383 g/mol. The van der Waals surface area contributed by atoms with Gasteiger partial charge in [0.25, 0.3) is 0 Å². The smallest absolute Gasteiger partial charge is 0.349 e. The van der Waals surface area contributed by atoms with E-state index in [0.29, 0.717) is 0 Å². The second kappa shape index (κ2) is 8.43. The van der Waals surface area contributed by atoms with E-state index in [2.05, 4.69) is 9.46 Å². The van der Waals surface area contributed by atoms with Gasteiger partial charge in [-0.25, -0.2) is 17.9 Å². The van der Waals surface area contributed by atoms with Crippen molar-refractivity contribution in [2.24, 2.45) is 5.73 Å². The summed E-state index contributed by atoms with van der Waals surface area (Å²) in [6.07, 6.45) is 5.94. The van der Waals surface area contributed by atoms with Crippen molar-refractivity contribution in [2.75, 3.05) is 13.7 Å². The van der Waals surface area contributed by atoms with E-state index in [1.165, 1.54) is 13.2 Å². The number of halogens is 1. The number of carbonyl (C=O) groups excluding carboxylic acids is 1. The number of thiophene rings is 1. The van der Waals surface area contributed by atoms with Crippen molar-refractivity contribution in [3.8, 4) is 0 Å². The van der Waals surface area contributed by atoms with Crippen LogP contribution in [0.5, 0.6) is 0 Å². The van der Waals surface area contributed by atoms with Gasteiger partial charge in [-0.1, -0.05) is 25.7 Å². The van der Waals surface area contributed by atoms with Gasteiger partial charge in [0.05, 0.1) is 7.11 Å². The molecular weight excluding hydrogens is 360 g/mol. The van der Waals surface area contributed by atoms with Gasteiger partial charge >= 0.3 is 5.97 Å². The summed E-state index contributed by atoms with van der Waals surface area (Å²) in [5, 5.41) is 1.56. The van der Waals surface area contributed by atoms with Gasteiger partial charge in [-0.15, -0.1) is 23.7 Å². The molecule has 0 aromatic carbocycles. The fourth-order valence-electron chi connectivity index (χ4n) is 2.68. The summed E-state index contributed by atoms with van der Waals surface area (Å²) < 4.78 is 32.1. The van der Waals surface area contributed by atoms with Crippen molar-refractivity contribution < 1.29 is 17.9 Å². The molecule has 0 spiro atoms. The first-order valence-electron chi connectivity index (χ1n) is 7.32. The summed E-state index contributed by atoms with van der Waals surface area (Å²) >= 11 is 1.05. The monoisotopic (exact) mass is 382 g/mol. The van der Waals surface area contributed by atoms with Crippen LogP contribution in [-0.2, 0) is 14.8 Å². The lowest BCUT2D eigenvalue weighted by molar-refractivity contribution is 0.0602. The maximum atomic E-state index is 12.4. The zero-order chi connectivity index (χ0) is 16.2. The lowest BCUT2D eigenvalue weighted by Gasteiger charge is -2.28. The third-order valence-electron chi connectivity index (χ3n) is 4.00. The highest BCUT2D eigenvalue weighted by atomic mass is 35.5. The summed E-state index contributed by atoms with van der Waals surface area (Å²) in [7, 11) is -2.54. The SMILES string of the molecule is COC(=O)c1sccc1S(=O)(=O)NCC1(N)CCCCCC1.Cl. The highest BCUT2D eigenvalue weighted by Gasteiger charge is 2.30. The summed E-state index contributed by atoms with van der Waals surface area (Å²) in [5.41, 5.74) is 5.82. The van der Waals surface area contributed by atoms with E-state index in [-0.39, 0.29) is 28.7 Å². The molecule has 0 atom stereocenters. The molecule has 0 radical (unpaired) electrons. The predicted octanol–water partition coefficient (Wildman–Crippen LogP) is 2.29. The Bertz CT molecular complexity index is 622. The number of carbonyl (C=O) groups is 1. The molecule has 23 heavy (non-hydrogen) atoms. The number of hydrogen-bond acceptors (Lipinski definition) is 6. The third-order valence-corrected chi connectivity index (χ3v) is 6.47. The molecule has 1 aliphatic rings. The summed E-state index contributed by atoms with van der Waals surface area (Å²) in [6, 6.07) is 1.41. The molecule has 1 aromatic heterocycles. The zero-order valence-electron chi connectivity index (χ0n) is 13.0. The van der Waals surface area contributed by atoms with Crippen LogP contribution >= 0.6 is 23.7 Å². The Labute approximate surface area is 147 Å². The minimum Gasteiger partial charge on any atom is -0.465 e. The fourth-order valence-corrected chi connectivity index (χ4v) is 5.15. The molecule has 132 valence electrons. The normalized spacial score (nSPS) is 17.8. The number of rotatable bonds is 5. The second-order valence-corrected chi connectivity index (χ2v) is 8.36. The topological polar surface area (TPSA) is 98.5 Å². The highest BCUT2D eigenvalue weighted by molar-refractivity contribution is 7.89. The Balaban J connectivity index is 0.00000264. The van der Waals surface area contributed by atoms with Gasteiger partial charge in [-0.2, -0.15) is 0 Å². The van der Waals surface area contributed by atoms with Crippen LogP contribution in [0.1, 0.15) is 48.2 Å². The average Bonchev–Trinajstić information content (AvgIpc) is 2.89. The number of esters is 1. The van der Waals surface area contributed by atoms with Crippen molar-refractivity contribution in [1.29, 1.82) is 0 Å². The molecule has 1 fully saturated rings. The first-order chi connectivity index (χ1) is 10.4. The molecule has 1 saturated carbocycles. The van der Waals surface area contributed by atoms with Crippen molar-refractivity contribution in [3.05, 3.63) is 16.3 Å². The summed E-state index contributed by atoms with van der Waals surface area (Å²) in [6.45, 7) is 0.186. The Morgan fingerprint density at radius 1 is 1.35 bits per heavy atom. The Morgan fingerprint density at radius 2 is 1.96 bits per heavy atom. The molecule has 0 aliphatic heterocycles. The molecule has 3 N–H and O–H groups in total. The van der Waals surface area contributed by atoms with Crippen LogP contribution in [0.4, 0.5) is 0 Å². The van der Waals surface area contributed by atoms with Gasteiger partial charge in [0.1, 0.15) is 9.77 Å². The molecule has 2 rings (SSSR count). The van der Waals surface area contributed by atoms with E-state index in [4.69, 9.17) is 5.73 Å². The molecule has 0 saturated heterocycles. The van der Waals surface area contributed by atoms with Gasteiger partial charge in [0.15, 0.2) is 0 Å². The molecule has 0 unspecified atom stereocenters. The quantitative estimate of drug-likeness (QED) is 0.601. The highest BCUT2D eigenvalue weighted by Crippen LogP contribution is 2.26. The van der Waals surface area contributed by atoms with E-state index in [9.17, 15) is 13.2 Å². The lowest BCUT2D eigenvalue weighted by atomic mass is 9.92. The van der Waals surface area contributed by atoms with Crippen LogP contribution in [-0.4, -0.2) is 33.6 Å². The Hall–Kier alpha value is -0.670. The van der Waals surface area contributed by atoms with Gasteiger partial charge in [0, 0.05) is 12.1 Å². The maximum Gasteiger partial charge on any atom is 0.349 e. The van der Waals surface area contributed by atoms with Crippen LogP contribution in [0.3, 0.4) is 0 Å². The van der Waals surface area contributed by atoms with Gasteiger partial charge < -0.3 is 10.5 Å². The number of hydrogen-bond donors (Lipinski definition) is 2. The van der Waals surface area contributed by atoms with E-state index in [1.54, 1.807) is 5.38 Å².